The second kappa shape index (κ2) is 6.73. The number of fused-ring (bicyclic) bond motifs is 1. The van der Waals surface area contributed by atoms with Gasteiger partial charge in [0.15, 0.2) is 0 Å². The number of piperidine rings is 1. The summed E-state index contributed by atoms with van der Waals surface area (Å²) >= 11 is 0. The maximum atomic E-state index is 4.65. The molecule has 1 aromatic rings. The molecule has 1 saturated carbocycles. The minimum Gasteiger partial charge on any atom is -0.338 e. The molecular formula is C17H28N4. The minimum atomic E-state index is 0.495. The van der Waals surface area contributed by atoms with Crippen molar-refractivity contribution in [3.05, 3.63) is 18.0 Å². The summed E-state index contributed by atoms with van der Waals surface area (Å²) < 4.78 is 0. The van der Waals surface area contributed by atoms with Crippen LogP contribution in [0, 0.1) is 5.92 Å². The molecule has 116 valence electrons. The molecular weight excluding hydrogens is 260 g/mol. The third kappa shape index (κ3) is 3.54. The Hall–Kier alpha value is -1.16. The summed E-state index contributed by atoms with van der Waals surface area (Å²) in [7, 11) is 0. The van der Waals surface area contributed by atoms with Crippen molar-refractivity contribution in [2.75, 3.05) is 11.4 Å². The molecule has 1 aliphatic carbocycles. The Bertz CT molecular complexity index is 441. The van der Waals surface area contributed by atoms with Gasteiger partial charge in [-0.15, -0.1) is 0 Å². The second-order valence-electron chi connectivity index (χ2n) is 6.87. The molecule has 2 aliphatic rings. The third-order valence-corrected chi connectivity index (χ3v) is 4.91. The largest absolute Gasteiger partial charge is 0.338 e. The molecule has 4 nitrogen and oxygen atoms in total. The van der Waals surface area contributed by atoms with Crippen molar-refractivity contribution < 1.29 is 0 Å². The Morgan fingerprint density at radius 3 is 2.62 bits per heavy atom. The highest BCUT2D eigenvalue weighted by molar-refractivity contribution is 5.33. The minimum absolute atomic E-state index is 0.495. The van der Waals surface area contributed by atoms with Crippen molar-refractivity contribution in [3.8, 4) is 0 Å². The fourth-order valence-electron chi connectivity index (χ4n) is 3.78. The van der Waals surface area contributed by atoms with E-state index in [1.807, 2.05) is 12.4 Å². The average Bonchev–Trinajstić information content (AvgIpc) is 2.53. The topological polar surface area (TPSA) is 41.1 Å². The van der Waals surface area contributed by atoms with E-state index in [0.29, 0.717) is 12.1 Å². The van der Waals surface area contributed by atoms with Gasteiger partial charge < -0.3 is 10.2 Å². The quantitative estimate of drug-likeness (QED) is 0.924. The predicted octanol–water partition coefficient (Wildman–Crippen LogP) is 3.13. The molecule has 0 aromatic carbocycles. The lowest BCUT2D eigenvalue weighted by Gasteiger charge is -2.44. The Morgan fingerprint density at radius 2 is 1.86 bits per heavy atom. The standard InChI is InChI=1S/C17H28N4/c1-13(2)18-10-14-11-19-17(20-12-14)21-9-5-7-15-6-3-4-8-16(15)21/h11-13,15-16,18H,3-10H2,1-2H3/t15-,16-/m1/s1. The molecule has 0 bridgehead atoms. The maximum Gasteiger partial charge on any atom is 0.225 e. The van der Waals surface area contributed by atoms with E-state index in [1.54, 1.807) is 0 Å². The van der Waals surface area contributed by atoms with Crippen molar-refractivity contribution in [2.24, 2.45) is 5.92 Å². The van der Waals surface area contributed by atoms with Crippen molar-refractivity contribution in [1.29, 1.82) is 0 Å². The zero-order valence-corrected chi connectivity index (χ0v) is 13.4. The summed E-state index contributed by atoms with van der Waals surface area (Å²) in [6, 6.07) is 1.18. The van der Waals surface area contributed by atoms with Crippen LogP contribution in [0.1, 0.15) is 57.9 Å². The fourth-order valence-corrected chi connectivity index (χ4v) is 3.78. The average molecular weight is 288 g/mol. The van der Waals surface area contributed by atoms with E-state index in [4.69, 9.17) is 0 Å². The van der Waals surface area contributed by atoms with E-state index in [1.165, 1.54) is 44.1 Å². The van der Waals surface area contributed by atoms with Crippen molar-refractivity contribution in [1.82, 2.24) is 15.3 Å². The smallest absolute Gasteiger partial charge is 0.225 e. The van der Waals surface area contributed by atoms with Gasteiger partial charge >= 0.3 is 0 Å². The number of anilines is 1. The van der Waals surface area contributed by atoms with Gasteiger partial charge in [0.2, 0.25) is 5.95 Å². The van der Waals surface area contributed by atoms with E-state index in [0.717, 1.165) is 25.0 Å². The van der Waals surface area contributed by atoms with E-state index in [9.17, 15) is 0 Å². The molecule has 1 aliphatic heterocycles. The molecule has 1 aromatic heterocycles. The molecule has 3 rings (SSSR count). The fraction of sp³-hybridized carbons (Fsp3) is 0.765. The van der Waals surface area contributed by atoms with Crippen LogP contribution in [-0.4, -0.2) is 28.6 Å². The van der Waals surface area contributed by atoms with Crippen LogP contribution in [0.2, 0.25) is 0 Å². The Labute approximate surface area is 128 Å². The van der Waals surface area contributed by atoms with E-state index < -0.39 is 0 Å². The molecule has 0 unspecified atom stereocenters. The van der Waals surface area contributed by atoms with Crippen LogP contribution in [0.3, 0.4) is 0 Å². The number of aromatic nitrogens is 2. The normalized spacial score (nSPS) is 26.0. The lowest BCUT2D eigenvalue weighted by atomic mass is 9.78. The summed E-state index contributed by atoms with van der Waals surface area (Å²) in [5, 5.41) is 3.41. The molecule has 1 saturated heterocycles. The van der Waals surface area contributed by atoms with Crippen molar-refractivity contribution >= 4 is 5.95 Å². The van der Waals surface area contributed by atoms with E-state index >= 15 is 0 Å². The number of rotatable bonds is 4. The van der Waals surface area contributed by atoms with Crippen LogP contribution in [0.4, 0.5) is 5.95 Å². The summed E-state index contributed by atoms with van der Waals surface area (Å²) in [6.45, 7) is 6.30. The predicted molar refractivity (Wildman–Crippen MR) is 86.3 cm³/mol. The highest BCUT2D eigenvalue weighted by Gasteiger charge is 2.34. The first kappa shape index (κ1) is 14.8. The molecule has 2 heterocycles. The van der Waals surface area contributed by atoms with Crippen LogP contribution >= 0.6 is 0 Å². The molecule has 0 spiro atoms. The third-order valence-electron chi connectivity index (χ3n) is 4.91. The maximum absolute atomic E-state index is 4.65. The number of nitrogens with one attached hydrogen (secondary N) is 1. The number of hydrogen-bond donors (Lipinski definition) is 1. The van der Waals surface area contributed by atoms with Crippen LogP contribution < -0.4 is 10.2 Å². The Morgan fingerprint density at radius 1 is 1.14 bits per heavy atom. The second-order valence-corrected chi connectivity index (χ2v) is 6.87. The summed E-state index contributed by atoms with van der Waals surface area (Å²) in [5.74, 6) is 1.82. The lowest BCUT2D eigenvalue weighted by Crippen LogP contribution is -2.47. The zero-order chi connectivity index (χ0) is 14.7. The summed E-state index contributed by atoms with van der Waals surface area (Å²) in [4.78, 5) is 11.8. The van der Waals surface area contributed by atoms with Gasteiger partial charge in [-0.3, -0.25) is 0 Å². The first-order valence-corrected chi connectivity index (χ1v) is 8.55. The summed E-state index contributed by atoms with van der Waals surface area (Å²) in [6.07, 6.45) is 12.2. The highest BCUT2D eigenvalue weighted by Crippen LogP contribution is 2.36. The van der Waals surface area contributed by atoms with Gasteiger partial charge in [0.1, 0.15) is 0 Å². The molecule has 2 atom stereocenters. The monoisotopic (exact) mass is 288 g/mol. The van der Waals surface area contributed by atoms with Gasteiger partial charge in [-0.05, 0) is 31.6 Å². The van der Waals surface area contributed by atoms with Crippen LogP contribution in [0.15, 0.2) is 12.4 Å². The lowest BCUT2D eigenvalue weighted by molar-refractivity contribution is 0.241. The number of hydrogen-bond acceptors (Lipinski definition) is 4. The molecule has 2 fully saturated rings. The van der Waals surface area contributed by atoms with Gasteiger partial charge in [0.05, 0.1) is 0 Å². The van der Waals surface area contributed by atoms with Gasteiger partial charge in [0.25, 0.3) is 0 Å². The van der Waals surface area contributed by atoms with Gasteiger partial charge in [0, 0.05) is 43.1 Å². The van der Waals surface area contributed by atoms with Gasteiger partial charge in [-0.2, -0.15) is 0 Å². The van der Waals surface area contributed by atoms with Crippen molar-refractivity contribution in [2.45, 2.75) is 71.0 Å². The zero-order valence-electron chi connectivity index (χ0n) is 13.4. The van der Waals surface area contributed by atoms with Gasteiger partial charge in [-0.25, -0.2) is 9.97 Å². The Balaban J connectivity index is 1.67. The molecule has 0 amide bonds. The highest BCUT2D eigenvalue weighted by atomic mass is 15.3. The van der Waals surface area contributed by atoms with Crippen molar-refractivity contribution in [3.63, 3.8) is 0 Å². The number of nitrogens with zero attached hydrogens (tertiary/aromatic N) is 3. The van der Waals surface area contributed by atoms with E-state index in [2.05, 4.69) is 34.0 Å². The van der Waals surface area contributed by atoms with Crippen LogP contribution in [0.25, 0.3) is 0 Å². The van der Waals surface area contributed by atoms with E-state index in [-0.39, 0.29) is 0 Å². The molecule has 1 N–H and O–H groups in total. The first-order valence-electron chi connectivity index (χ1n) is 8.55. The first-order chi connectivity index (χ1) is 10.2. The summed E-state index contributed by atoms with van der Waals surface area (Å²) in [5.41, 5.74) is 1.17. The SMILES string of the molecule is CC(C)NCc1cnc(N2CCC[C@H]3CCCC[C@H]32)nc1. The molecule has 21 heavy (non-hydrogen) atoms. The van der Waals surface area contributed by atoms with Gasteiger partial charge in [-0.1, -0.05) is 26.7 Å². The molecule has 4 heteroatoms. The van der Waals surface area contributed by atoms with Crippen LogP contribution in [0.5, 0.6) is 0 Å². The van der Waals surface area contributed by atoms with Crippen LogP contribution in [-0.2, 0) is 6.54 Å². The molecule has 0 radical (unpaired) electrons. The Kier molecular flexibility index (Phi) is 4.73.